The van der Waals surface area contributed by atoms with Gasteiger partial charge in [0.25, 0.3) is 0 Å². The van der Waals surface area contributed by atoms with E-state index in [1.165, 1.54) is 0 Å². The predicted octanol–water partition coefficient (Wildman–Crippen LogP) is 2.52. The first-order chi connectivity index (χ1) is 14.7. The summed E-state index contributed by atoms with van der Waals surface area (Å²) in [5, 5.41) is 28.5. The van der Waals surface area contributed by atoms with Crippen molar-refractivity contribution in [1.29, 1.82) is 0 Å². The van der Waals surface area contributed by atoms with Crippen molar-refractivity contribution in [3.8, 4) is 5.75 Å². The highest BCUT2D eigenvalue weighted by molar-refractivity contribution is 5.69. The van der Waals surface area contributed by atoms with Gasteiger partial charge in [-0.15, -0.1) is 0 Å². The molecule has 0 bridgehead atoms. The Bertz CT molecular complexity index is 736. The largest absolute Gasteiger partial charge is 0.512 e. The summed E-state index contributed by atoms with van der Waals surface area (Å²) in [4.78, 5) is 30.9. The minimum absolute atomic E-state index is 0.0284. The smallest absolute Gasteiger partial charge is 0.317 e. The van der Waals surface area contributed by atoms with Crippen LogP contribution in [0.15, 0.2) is 30.7 Å². The standard InChI is InChI=1S/C22H33N3O6/c1-15(2)31-18-9-8-17(23-10-18)12-25(14-22(29)30)20-7-5-4-6-19(20)24(11-16(3)26)13-21(27)28/h8-10,15,19-20,26H,3-7,11-14H2,1-2H3,(H,27,28)(H,29,30)/t19?,20-/m0/s1. The number of pyridine rings is 1. The van der Waals surface area contributed by atoms with E-state index in [1.54, 1.807) is 11.1 Å². The number of nitrogens with zero attached hydrogens (tertiary/aromatic N) is 3. The first-order valence-corrected chi connectivity index (χ1v) is 10.6. The van der Waals surface area contributed by atoms with Crippen LogP contribution < -0.4 is 4.74 Å². The zero-order valence-electron chi connectivity index (χ0n) is 18.2. The van der Waals surface area contributed by atoms with Crippen LogP contribution in [0.5, 0.6) is 5.75 Å². The Morgan fingerprint density at radius 3 is 2.13 bits per heavy atom. The number of aromatic nitrogens is 1. The average Bonchev–Trinajstić information content (AvgIpc) is 2.67. The van der Waals surface area contributed by atoms with Gasteiger partial charge in [-0.05, 0) is 38.8 Å². The first-order valence-electron chi connectivity index (χ1n) is 10.6. The summed E-state index contributed by atoms with van der Waals surface area (Å²) in [5.41, 5.74) is 0.707. The van der Waals surface area contributed by atoms with E-state index in [4.69, 9.17) is 4.74 Å². The monoisotopic (exact) mass is 435 g/mol. The minimum Gasteiger partial charge on any atom is -0.512 e. The number of hydrogen-bond acceptors (Lipinski definition) is 7. The number of rotatable bonds is 12. The van der Waals surface area contributed by atoms with Crippen molar-refractivity contribution in [3.05, 3.63) is 36.4 Å². The molecule has 0 radical (unpaired) electrons. The van der Waals surface area contributed by atoms with Crippen LogP contribution in [0.1, 0.15) is 45.2 Å². The zero-order valence-corrected chi connectivity index (χ0v) is 18.2. The molecule has 2 atom stereocenters. The molecule has 1 aromatic heterocycles. The van der Waals surface area contributed by atoms with Crippen molar-refractivity contribution in [1.82, 2.24) is 14.8 Å². The van der Waals surface area contributed by atoms with Gasteiger partial charge in [0.2, 0.25) is 0 Å². The van der Waals surface area contributed by atoms with E-state index in [0.717, 1.165) is 25.7 Å². The molecule has 2 rings (SSSR count). The van der Waals surface area contributed by atoms with Gasteiger partial charge in [0.1, 0.15) is 5.75 Å². The van der Waals surface area contributed by atoms with Gasteiger partial charge in [-0.25, -0.2) is 0 Å². The van der Waals surface area contributed by atoms with Crippen molar-refractivity contribution in [2.45, 2.75) is 64.3 Å². The van der Waals surface area contributed by atoms with Crippen LogP contribution in [0.2, 0.25) is 0 Å². The molecule has 0 aliphatic heterocycles. The number of hydrogen-bond donors (Lipinski definition) is 3. The highest BCUT2D eigenvalue weighted by Crippen LogP contribution is 2.29. The molecule has 0 saturated heterocycles. The summed E-state index contributed by atoms with van der Waals surface area (Å²) in [6.45, 7) is 7.27. The highest BCUT2D eigenvalue weighted by Gasteiger charge is 2.36. The highest BCUT2D eigenvalue weighted by atomic mass is 16.5. The van der Waals surface area contributed by atoms with Gasteiger partial charge in [-0.1, -0.05) is 19.4 Å². The lowest BCUT2D eigenvalue weighted by molar-refractivity contribution is -0.142. The predicted molar refractivity (Wildman–Crippen MR) is 115 cm³/mol. The van der Waals surface area contributed by atoms with Crippen molar-refractivity contribution in [3.63, 3.8) is 0 Å². The summed E-state index contributed by atoms with van der Waals surface area (Å²) < 4.78 is 5.61. The molecule has 1 aromatic rings. The fraction of sp³-hybridized carbons (Fsp3) is 0.591. The molecule has 1 saturated carbocycles. The normalized spacial score (nSPS) is 19.0. The zero-order chi connectivity index (χ0) is 23.0. The maximum absolute atomic E-state index is 11.6. The van der Waals surface area contributed by atoms with E-state index >= 15 is 0 Å². The van der Waals surface area contributed by atoms with Gasteiger partial charge in [0.05, 0.1) is 43.4 Å². The number of aliphatic hydroxyl groups is 1. The van der Waals surface area contributed by atoms with Crippen LogP contribution in [-0.4, -0.2) is 79.9 Å². The molecule has 31 heavy (non-hydrogen) atoms. The van der Waals surface area contributed by atoms with E-state index in [2.05, 4.69) is 11.6 Å². The summed E-state index contributed by atoms with van der Waals surface area (Å²) in [5.74, 6) is -1.43. The molecule has 9 nitrogen and oxygen atoms in total. The summed E-state index contributed by atoms with van der Waals surface area (Å²) in [6, 6.07) is 3.23. The van der Waals surface area contributed by atoms with Crippen LogP contribution in [0, 0.1) is 0 Å². The third kappa shape index (κ3) is 8.18. The molecule has 1 aliphatic carbocycles. The SMILES string of the molecule is C=C(O)CN(CC(=O)O)C1CCCC[C@@H]1N(CC(=O)O)Cc1ccc(OC(C)C)cn1. The second-order valence-corrected chi connectivity index (χ2v) is 8.23. The second-order valence-electron chi connectivity index (χ2n) is 8.23. The van der Waals surface area contributed by atoms with Gasteiger partial charge >= 0.3 is 11.9 Å². The number of aliphatic carboxylic acids is 2. The number of ether oxygens (including phenoxy) is 1. The molecule has 0 spiro atoms. The molecule has 172 valence electrons. The molecule has 0 aromatic carbocycles. The minimum atomic E-state index is -1.00. The maximum Gasteiger partial charge on any atom is 0.317 e. The Labute approximate surface area is 182 Å². The van der Waals surface area contributed by atoms with Gasteiger partial charge in [0, 0.05) is 18.6 Å². The lowest BCUT2D eigenvalue weighted by Crippen LogP contribution is -2.55. The fourth-order valence-electron chi connectivity index (χ4n) is 4.16. The average molecular weight is 436 g/mol. The first kappa shape index (κ1) is 24.6. The lowest BCUT2D eigenvalue weighted by Gasteiger charge is -2.44. The Morgan fingerprint density at radius 2 is 1.65 bits per heavy atom. The molecular weight excluding hydrogens is 402 g/mol. The number of aliphatic hydroxyl groups excluding tert-OH is 1. The van der Waals surface area contributed by atoms with Crippen LogP contribution in [0.3, 0.4) is 0 Å². The molecule has 1 fully saturated rings. The Morgan fingerprint density at radius 1 is 1.06 bits per heavy atom. The molecular formula is C22H33N3O6. The van der Waals surface area contributed by atoms with Gasteiger partial charge < -0.3 is 20.1 Å². The van der Waals surface area contributed by atoms with Crippen molar-refractivity contribution in [2.75, 3.05) is 19.6 Å². The topological polar surface area (TPSA) is 123 Å². The summed E-state index contributed by atoms with van der Waals surface area (Å²) in [6.07, 6.45) is 4.94. The van der Waals surface area contributed by atoms with Crippen LogP contribution in [0.25, 0.3) is 0 Å². The van der Waals surface area contributed by atoms with Crippen molar-refractivity contribution < 1.29 is 29.6 Å². The molecule has 1 aliphatic rings. The van der Waals surface area contributed by atoms with Crippen LogP contribution in [-0.2, 0) is 16.1 Å². The number of carboxylic acid groups (broad SMARTS) is 2. The Balaban J connectivity index is 2.24. The third-order valence-electron chi connectivity index (χ3n) is 5.23. The molecule has 1 heterocycles. The third-order valence-corrected chi connectivity index (χ3v) is 5.23. The molecule has 0 amide bonds. The molecule has 9 heteroatoms. The van der Waals surface area contributed by atoms with Crippen LogP contribution in [0.4, 0.5) is 0 Å². The van der Waals surface area contributed by atoms with E-state index in [0.29, 0.717) is 18.0 Å². The maximum atomic E-state index is 11.6. The lowest BCUT2D eigenvalue weighted by atomic mass is 9.87. The van der Waals surface area contributed by atoms with Gasteiger partial charge in [-0.2, -0.15) is 0 Å². The van der Waals surface area contributed by atoms with Crippen LogP contribution >= 0.6 is 0 Å². The quantitative estimate of drug-likeness (QED) is 0.425. The van der Waals surface area contributed by atoms with Gasteiger partial charge in [-0.3, -0.25) is 24.4 Å². The van der Waals surface area contributed by atoms with Gasteiger partial charge in [0.15, 0.2) is 0 Å². The second kappa shape index (κ2) is 11.7. The number of carbonyl (C=O) groups is 2. The number of carboxylic acids is 2. The molecule has 3 N–H and O–H groups in total. The van der Waals surface area contributed by atoms with Crippen molar-refractivity contribution >= 4 is 11.9 Å². The fourth-order valence-corrected chi connectivity index (χ4v) is 4.16. The Hall–Kier alpha value is -2.65. The van der Waals surface area contributed by atoms with E-state index in [1.807, 2.05) is 30.9 Å². The molecule has 1 unspecified atom stereocenters. The summed E-state index contributed by atoms with van der Waals surface area (Å²) >= 11 is 0. The van der Waals surface area contributed by atoms with E-state index in [-0.39, 0.29) is 43.6 Å². The Kier molecular flexibility index (Phi) is 9.26. The van der Waals surface area contributed by atoms with E-state index in [9.17, 15) is 24.9 Å². The summed E-state index contributed by atoms with van der Waals surface area (Å²) in [7, 11) is 0. The van der Waals surface area contributed by atoms with Crippen molar-refractivity contribution in [2.24, 2.45) is 0 Å². The van der Waals surface area contributed by atoms with E-state index < -0.39 is 11.9 Å².